The summed E-state index contributed by atoms with van der Waals surface area (Å²) in [6.07, 6.45) is 0.871. The van der Waals surface area contributed by atoms with E-state index < -0.39 is 0 Å². The van der Waals surface area contributed by atoms with Crippen LogP contribution in [0.1, 0.15) is 18.9 Å². The van der Waals surface area contributed by atoms with Crippen LogP contribution in [0.3, 0.4) is 0 Å². The SMILES string of the molecule is CCOc1cccc(CNC)c1OCCCOC. The van der Waals surface area contributed by atoms with E-state index in [0.717, 1.165) is 30.0 Å². The van der Waals surface area contributed by atoms with Crippen LogP contribution >= 0.6 is 0 Å². The van der Waals surface area contributed by atoms with Crippen LogP contribution in [-0.4, -0.2) is 34.0 Å². The Hall–Kier alpha value is -1.26. The first kappa shape index (κ1) is 14.8. The zero-order chi connectivity index (χ0) is 13.2. The van der Waals surface area contributed by atoms with E-state index in [9.17, 15) is 0 Å². The van der Waals surface area contributed by atoms with Crippen molar-refractivity contribution >= 4 is 0 Å². The average Bonchev–Trinajstić information content (AvgIpc) is 2.38. The Morgan fingerprint density at radius 1 is 1.17 bits per heavy atom. The van der Waals surface area contributed by atoms with Crippen molar-refractivity contribution in [2.75, 3.05) is 34.0 Å². The molecule has 0 aliphatic heterocycles. The van der Waals surface area contributed by atoms with E-state index in [1.165, 1.54) is 0 Å². The van der Waals surface area contributed by atoms with Crippen molar-refractivity contribution in [3.05, 3.63) is 23.8 Å². The maximum atomic E-state index is 5.83. The Morgan fingerprint density at radius 3 is 2.67 bits per heavy atom. The fraction of sp³-hybridized carbons (Fsp3) is 0.571. The molecule has 1 N–H and O–H groups in total. The van der Waals surface area contributed by atoms with Crippen LogP contribution < -0.4 is 14.8 Å². The third-order valence-corrected chi connectivity index (χ3v) is 2.47. The van der Waals surface area contributed by atoms with Gasteiger partial charge in [-0.25, -0.2) is 0 Å². The second-order valence-electron chi connectivity index (χ2n) is 3.90. The Bertz CT molecular complexity index is 318. The van der Waals surface area contributed by atoms with Crippen LogP contribution in [-0.2, 0) is 11.3 Å². The molecular weight excluding hydrogens is 230 g/mol. The van der Waals surface area contributed by atoms with Gasteiger partial charge in [0, 0.05) is 32.2 Å². The fourth-order valence-corrected chi connectivity index (χ4v) is 1.70. The Balaban J connectivity index is 2.74. The zero-order valence-corrected chi connectivity index (χ0v) is 11.5. The minimum Gasteiger partial charge on any atom is -0.490 e. The lowest BCUT2D eigenvalue weighted by Gasteiger charge is -2.15. The summed E-state index contributed by atoms with van der Waals surface area (Å²) in [6, 6.07) is 5.97. The topological polar surface area (TPSA) is 39.7 Å². The number of hydrogen-bond donors (Lipinski definition) is 1. The molecule has 0 spiro atoms. The van der Waals surface area contributed by atoms with Gasteiger partial charge in [0.2, 0.25) is 0 Å². The summed E-state index contributed by atoms with van der Waals surface area (Å²) in [5.74, 6) is 1.65. The van der Waals surface area contributed by atoms with Gasteiger partial charge in [-0.3, -0.25) is 0 Å². The third kappa shape index (κ3) is 4.55. The highest BCUT2D eigenvalue weighted by atomic mass is 16.5. The van der Waals surface area contributed by atoms with Crippen molar-refractivity contribution in [2.24, 2.45) is 0 Å². The molecule has 0 aliphatic rings. The Labute approximate surface area is 109 Å². The molecule has 0 radical (unpaired) electrons. The van der Waals surface area contributed by atoms with Crippen molar-refractivity contribution in [1.82, 2.24) is 5.32 Å². The van der Waals surface area contributed by atoms with Crippen LogP contribution in [0.15, 0.2) is 18.2 Å². The largest absolute Gasteiger partial charge is 0.490 e. The number of ether oxygens (including phenoxy) is 3. The van der Waals surface area contributed by atoms with Crippen LogP contribution in [0.5, 0.6) is 11.5 Å². The second-order valence-corrected chi connectivity index (χ2v) is 3.90. The van der Waals surface area contributed by atoms with Gasteiger partial charge in [-0.05, 0) is 20.0 Å². The number of hydrogen-bond acceptors (Lipinski definition) is 4. The second kappa shape index (κ2) is 8.78. The monoisotopic (exact) mass is 253 g/mol. The molecule has 0 aliphatic carbocycles. The molecule has 0 aromatic heterocycles. The number of rotatable bonds is 9. The van der Waals surface area contributed by atoms with Gasteiger partial charge in [-0.1, -0.05) is 12.1 Å². The lowest BCUT2D eigenvalue weighted by atomic mass is 10.2. The smallest absolute Gasteiger partial charge is 0.165 e. The standard InChI is InChI=1S/C14H23NO3/c1-4-17-13-8-5-7-12(11-15-2)14(13)18-10-6-9-16-3/h5,7-8,15H,4,6,9-11H2,1-3H3. The van der Waals surface area contributed by atoms with Gasteiger partial charge < -0.3 is 19.5 Å². The van der Waals surface area contributed by atoms with Crippen molar-refractivity contribution in [3.63, 3.8) is 0 Å². The minimum atomic E-state index is 0.634. The molecule has 0 atom stereocenters. The number of nitrogens with one attached hydrogen (secondary N) is 1. The van der Waals surface area contributed by atoms with E-state index in [1.54, 1.807) is 7.11 Å². The quantitative estimate of drug-likeness (QED) is 0.685. The number of para-hydroxylation sites is 1. The molecule has 0 saturated carbocycles. The summed E-state index contributed by atoms with van der Waals surface area (Å²) in [6.45, 7) is 4.71. The van der Waals surface area contributed by atoms with Gasteiger partial charge in [0.05, 0.1) is 13.2 Å². The van der Waals surface area contributed by atoms with Crippen LogP contribution in [0, 0.1) is 0 Å². The fourth-order valence-electron chi connectivity index (χ4n) is 1.70. The first-order valence-electron chi connectivity index (χ1n) is 6.34. The molecule has 0 amide bonds. The lowest BCUT2D eigenvalue weighted by molar-refractivity contribution is 0.169. The first-order chi connectivity index (χ1) is 8.83. The molecule has 1 rings (SSSR count). The van der Waals surface area contributed by atoms with Gasteiger partial charge in [0.25, 0.3) is 0 Å². The third-order valence-electron chi connectivity index (χ3n) is 2.47. The number of methoxy groups -OCH3 is 1. The molecular formula is C14H23NO3. The van der Waals surface area contributed by atoms with Crippen LogP contribution in [0.2, 0.25) is 0 Å². The molecule has 4 heteroatoms. The van der Waals surface area contributed by atoms with E-state index in [1.807, 2.05) is 32.2 Å². The minimum absolute atomic E-state index is 0.634. The summed E-state index contributed by atoms with van der Waals surface area (Å²) in [5, 5.41) is 3.14. The predicted molar refractivity (Wildman–Crippen MR) is 72.4 cm³/mol. The molecule has 1 aromatic rings. The molecule has 0 unspecified atom stereocenters. The Morgan fingerprint density at radius 2 is 2.00 bits per heavy atom. The van der Waals surface area contributed by atoms with E-state index in [4.69, 9.17) is 14.2 Å². The molecule has 1 aromatic carbocycles. The van der Waals surface area contributed by atoms with Crippen molar-refractivity contribution in [2.45, 2.75) is 19.9 Å². The summed E-state index contributed by atoms with van der Waals surface area (Å²) in [4.78, 5) is 0. The predicted octanol–water partition coefficient (Wildman–Crippen LogP) is 2.22. The lowest BCUT2D eigenvalue weighted by Crippen LogP contribution is -2.10. The van der Waals surface area contributed by atoms with E-state index in [2.05, 4.69) is 5.32 Å². The van der Waals surface area contributed by atoms with E-state index in [-0.39, 0.29) is 0 Å². The van der Waals surface area contributed by atoms with Gasteiger partial charge in [-0.2, -0.15) is 0 Å². The summed E-state index contributed by atoms with van der Waals surface area (Å²) >= 11 is 0. The highest BCUT2D eigenvalue weighted by Gasteiger charge is 2.10. The summed E-state index contributed by atoms with van der Waals surface area (Å²) in [7, 11) is 3.61. The normalized spacial score (nSPS) is 10.4. The van der Waals surface area contributed by atoms with Gasteiger partial charge >= 0.3 is 0 Å². The maximum absolute atomic E-state index is 5.83. The summed E-state index contributed by atoms with van der Waals surface area (Å²) in [5.41, 5.74) is 1.11. The molecule has 0 heterocycles. The van der Waals surface area contributed by atoms with Gasteiger partial charge in [0.15, 0.2) is 11.5 Å². The summed E-state index contributed by atoms with van der Waals surface area (Å²) < 4.78 is 16.4. The number of benzene rings is 1. The first-order valence-corrected chi connectivity index (χ1v) is 6.34. The van der Waals surface area contributed by atoms with Crippen molar-refractivity contribution < 1.29 is 14.2 Å². The maximum Gasteiger partial charge on any atom is 0.165 e. The van der Waals surface area contributed by atoms with Gasteiger partial charge in [0.1, 0.15) is 0 Å². The van der Waals surface area contributed by atoms with Crippen molar-refractivity contribution in [1.29, 1.82) is 0 Å². The Kier molecular flexibility index (Phi) is 7.22. The van der Waals surface area contributed by atoms with Crippen LogP contribution in [0.25, 0.3) is 0 Å². The molecule has 0 saturated heterocycles. The molecule has 0 fully saturated rings. The molecule has 0 bridgehead atoms. The molecule has 4 nitrogen and oxygen atoms in total. The van der Waals surface area contributed by atoms with Crippen LogP contribution in [0.4, 0.5) is 0 Å². The highest BCUT2D eigenvalue weighted by molar-refractivity contribution is 5.46. The van der Waals surface area contributed by atoms with Gasteiger partial charge in [-0.15, -0.1) is 0 Å². The van der Waals surface area contributed by atoms with E-state index >= 15 is 0 Å². The average molecular weight is 253 g/mol. The van der Waals surface area contributed by atoms with E-state index in [0.29, 0.717) is 19.8 Å². The molecule has 102 valence electrons. The molecule has 18 heavy (non-hydrogen) atoms. The van der Waals surface area contributed by atoms with Crippen molar-refractivity contribution in [3.8, 4) is 11.5 Å². The zero-order valence-electron chi connectivity index (χ0n) is 11.5. The highest BCUT2D eigenvalue weighted by Crippen LogP contribution is 2.31.